The molecule has 3 aromatic heterocycles. The van der Waals surface area contributed by atoms with Crippen LogP contribution in [0.5, 0.6) is 5.75 Å². The number of nitriles is 1. The van der Waals surface area contributed by atoms with E-state index < -0.39 is 0 Å². The second kappa shape index (κ2) is 5.89. The highest BCUT2D eigenvalue weighted by atomic mass is 16.5. The Balaban J connectivity index is 1.71. The average Bonchev–Trinajstić information content (AvgIpc) is 3.29. The number of nitrogens with zero attached hydrogens (tertiary/aromatic N) is 4. The number of pyridine rings is 1. The quantitative estimate of drug-likeness (QED) is 0.626. The van der Waals surface area contributed by atoms with Gasteiger partial charge in [-0.1, -0.05) is 12.1 Å². The summed E-state index contributed by atoms with van der Waals surface area (Å²) in [6.45, 7) is 0.0282. The lowest BCUT2D eigenvalue weighted by Gasteiger charge is -2.04. The fourth-order valence-electron chi connectivity index (χ4n) is 2.62. The maximum Gasteiger partial charge on any atom is 0.174 e. The van der Waals surface area contributed by atoms with Crippen molar-refractivity contribution >= 4 is 11.0 Å². The largest absolute Gasteiger partial charge is 0.479 e. The van der Waals surface area contributed by atoms with Crippen molar-refractivity contribution in [2.75, 3.05) is 6.61 Å². The van der Waals surface area contributed by atoms with E-state index in [1.165, 1.54) is 0 Å². The molecule has 1 N–H and O–H groups in total. The molecule has 6 heteroatoms. The maximum absolute atomic E-state index is 8.61. The Hall–Kier alpha value is -3.59. The van der Waals surface area contributed by atoms with Crippen molar-refractivity contribution in [3.8, 4) is 28.8 Å². The van der Waals surface area contributed by atoms with Gasteiger partial charge in [0.15, 0.2) is 6.61 Å². The number of ether oxygens (including phenoxy) is 1. The Morgan fingerprint density at radius 3 is 3.08 bits per heavy atom. The van der Waals surface area contributed by atoms with Gasteiger partial charge in [-0.2, -0.15) is 10.4 Å². The van der Waals surface area contributed by atoms with Crippen molar-refractivity contribution in [2.45, 2.75) is 0 Å². The molecule has 116 valence electrons. The number of nitrogens with one attached hydrogen (secondary N) is 1. The Labute approximate surface area is 137 Å². The fourth-order valence-corrected chi connectivity index (χ4v) is 2.62. The summed E-state index contributed by atoms with van der Waals surface area (Å²) >= 11 is 0. The van der Waals surface area contributed by atoms with E-state index >= 15 is 0 Å². The van der Waals surface area contributed by atoms with Crippen LogP contribution in [0.25, 0.3) is 28.0 Å². The van der Waals surface area contributed by atoms with Crippen molar-refractivity contribution in [1.82, 2.24) is 19.7 Å². The zero-order valence-electron chi connectivity index (χ0n) is 12.7. The summed E-state index contributed by atoms with van der Waals surface area (Å²) in [5.74, 6) is 0.653. The molecule has 0 unspecified atom stereocenters. The van der Waals surface area contributed by atoms with Gasteiger partial charge in [-0.05, 0) is 30.3 Å². The summed E-state index contributed by atoms with van der Waals surface area (Å²) in [6.07, 6.45) is 5.54. The monoisotopic (exact) mass is 315 g/mol. The molecule has 0 saturated carbocycles. The third-order valence-corrected chi connectivity index (χ3v) is 3.71. The van der Waals surface area contributed by atoms with E-state index in [1.54, 1.807) is 6.20 Å². The first-order valence-electron chi connectivity index (χ1n) is 7.43. The Morgan fingerprint density at radius 1 is 1.21 bits per heavy atom. The van der Waals surface area contributed by atoms with Gasteiger partial charge in [-0.3, -0.25) is 0 Å². The Kier molecular flexibility index (Phi) is 3.45. The SMILES string of the molecule is N#CCOc1cccc(-c2ccn(-c3ccnc4[nH]ccc34)n2)c1. The molecule has 0 aliphatic rings. The van der Waals surface area contributed by atoms with Crippen molar-refractivity contribution < 1.29 is 4.74 Å². The van der Waals surface area contributed by atoms with Crippen LogP contribution in [0.1, 0.15) is 0 Å². The van der Waals surface area contributed by atoms with Gasteiger partial charge in [-0.25, -0.2) is 9.67 Å². The summed E-state index contributed by atoms with van der Waals surface area (Å²) in [5.41, 5.74) is 3.56. The first kappa shape index (κ1) is 14.0. The lowest BCUT2D eigenvalue weighted by atomic mass is 10.1. The molecule has 0 amide bonds. The highest BCUT2D eigenvalue weighted by molar-refractivity contribution is 5.84. The highest BCUT2D eigenvalue weighted by Crippen LogP contribution is 2.25. The molecule has 4 aromatic rings. The number of hydrogen-bond donors (Lipinski definition) is 1. The molecule has 0 aliphatic carbocycles. The third-order valence-electron chi connectivity index (χ3n) is 3.71. The number of benzene rings is 1. The van der Waals surface area contributed by atoms with Crippen LogP contribution < -0.4 is 4.74 Å². The standard InChI is InChI=1S/C18H13N5O/c19-7-11-24-14-3-1-2-13(12-14)16-6-10-23(22-16)17-5-9-21-18-15(17)4-8-20-18/h1-6,8-10,12H,11H2,(H,20,21). The predicted molar refractivity (Wildman–Crippen MR) is 89.8 cm³/mol. The van der Waals surface area contributed by atoms with Gasteiger partial charge >= 0.3 is 0 Å². The lowest BCUT2D eigenvalue weighted by Crippen LogP contribution is -1.96. The second-order valence-corrected chi connectivity index (χ2v) is 5.19. The molecule has 0 aliphatic heterocycles. The van der Waals surface area contributed by atoms with Gasteiger partial charge in [0.25, 0.3) is 0 Å². The van der Waals surface area contributed by atoms with E-state index in [0.717, 1.165) is 28.0 Å². The lowest BCUT2D eigenvalue weighted by molar-refractivity contribution is 0.368. The number of aromatic amines is 1. The minimum atomic E-state index is 0.0282. The molecular formula is C18H13N5O. The van der Waals surface area contributed by atoms with Crippen LogP contribution in [0, 0.1) is 11.3 Å². The summed E-state index contributed by atoms with van der Waals surface area (Å²) < 4.78 is 7.18. The third kappa shape index (κ3) is 2.48. The molecule has 1 aromatic carbocycles. The molecule has 0 radical (unpaired) electrons. The first-order valence-corrected chi connectivity index (χ1v) is 7.43. The molecule has 0 spiro atoms. The number of rotatable bonds is 4. The van der Waals surface area contributed by atoms with Crippen LogP contribution in [0.15, 0.2) is 61.1 Å². The predicted octanol–water partition coefficient (Wildman–Crippen LogP) is 3.32. The number of fused-ring (bicyclic) bond motifs is 1. The molecule has 6 nitrogen and oxygen atoms in total. The van der Waals surface area contributed by atoms with Crippen LogP contribution in [0.3, 0.4) is 0 Å². The van der Waals surface area contributed by atoms with E-state index in [2.05, 4.69) is 15.1 Å². The molecule has 0 fully saturated rings. The number of H-pyrrole nitrogens is 1. The summed E-state index contributed by atoms with van der Waals surface area (Å²) in [5, 5.41) is 14.3. The number of hydrogen-bond acceptors (Lipinski definition) is 4. The molecule has 0 saturated heterocycles. The highest BCUT2D eigenvalue weighted by Gasteiger charge is 2.08. The molecule has 3 heterocycles. The summed E-state index contributed by atoms with van der Waals surface area (Å²) in [4.78, 5) is 7.39. The van der Waals surface area contributed by atoms with Crippen molar-refractivity contribution in [3.63, 3.8) is 0 Å². The average molecular weight is 315 g/mol. The zero-order valence-corrected chi connectivity index (χ0v) is 12.7. The normalized spacial score (nSPS) is 10.6. The molecule has 4 rings (SSSR count). The van der Waals surface area contributed by atoms with Crippen LogP contribution in [0.2, 0.25) is 0 Å². The molecule has 0 atom stereocenters. The molecular weight excluding hydrogens is 302 g/mol. The first-order chi connectivity index (χ1) is 11.8. The van der Waals surface area contributed by atoms with Crippen LogP contribution >= 0.6 is 0 Å². The van der Waals surface area contributed by atoms with Crippen molar-refractivity contribution in [3.05, 3.63) is 61.1 Å². The van der Waals surface area contributed by atoms with Gasteiger partial charge in [0.05, 0.1) is 11.4 Å². The minimum absolute atomic E-state index is 0.0282. The summed E-state index contributed by atoms with van der Waals surface area (Å²) in [7, 11) is 0. The van der Waals surface area contributed by atoms with Gasteiger partial charge in [0, 0.05) is 29.5 Å². The molecule has 24 heavy (non-hydrogen) atoms. The van der Waals surface area contributed by atoms with E-state index in [-0.39, 0.29) is 6.61 Å². The number of aromatic nitrogens is 4. The van der Waals surface area contributed by atoms with Crippen LogP contribution in [-0.2, 0) is 0 Å². The second-order valence-electron chi connectivity index (χ2n) is 5.19. The smallest absolute Gasteiger partial charge is 0.174 e. The van der Waals surface area contributed by atoms with E-state index in [9.17, 15) is 0 Å². The van der Waals surface area contributed by atoms with Gasteiger partial charge < -0.3 is 9.72 Å². The van der Waals surface area contributed by atoms with Crippen molar-refractivity contribution in [1.29, 1.82) is 5.26 Å². The Morgan fingerprint density at radius 2 is 2.17 bits per heavy atom. The van der Waals surface area contributed by atoms with E-state index in [1.807, 2.05) is 65.6 Å². The zero-order chi connectivity index (χ0) is 16.4. The van der Waals surface area contributed by atoms with Crippen LogP contribution in [-0.4, -0.2) is 26.4 Å². The van der Waals surface area contributed by atoms with Gasteiger partial charge in [-0.15, -0.1) is 0 Å². The van der Waals surface area contributed by atoms with Crippen molar-refractivity contribution in [2.24, 2.45) is 0 Å². The minimum Gasteiger partial charge on any atom is -0.479 e. The fraction of sp³-hybridized carbons (Fsp3) is 0.0556. The van der Waals surface area contributed by atoms with E-state index in [4.69, 9.17) is 10.00 Å². The Bertz CT molecular complexity index is 1040. The maximum atomic E-state index is 8.61. The van der Waals surface area contributed by atoms with Gasteiger partial charge in [0.2, 0.25) is 0 Å². The summed E-state index contributed by atoms with van der Waals surface area (Å²) in [6, 6.07) is 15.4. The van der Waals surface area contributed by atoms with Crippen LogP contribution in [0.4, 0.5) is 0 Å². The topological polar surface area (TPSA) is 79.5 Å². The van der Waals surface area contributed by atoms with Gasteiger partial charge in [0.1, 0.15) is 17.5 Å². The van der Waals surface area contributed by atoms with E-state index in [0.29, 0.717) is 5.75 Å². The molecule has 0 bridgehead atoms.